The molecule has 3 aliphatic rings. The summed E-state index contributed by atoms with van der Waals surface area (Å²) in [5.41, 5.74) is 2.78. The number of pyridine rings is 1. The van der Waals surface area contributed by atoms with E-state index in [4.69, 9.17) is 9.47 Å². The Morgan fingerprint density at radius 1 is 1.43 bits per heavy atom. The molecule has 0 spiro atoms. The van der Waals surface area contributed by atoms with E-state index in [1.807, 2.05) is 24.3 Å². The molecule has 4 rings (SSSR count). The van der Waals surface area contributed by atoms with Crippen LogP contribution in [0.5, 0.6) is 5.75 Å². The predicted octanol–water partition coefficient (Wildman–Crippen LogP) is 1.71. The van der Waals surface area contributed by atoms with Gasteiger partial charge in [0.15, 0.2) is 0 Å². The maximum atomic E-state index is 12.5. The van der Waals surface area contributed by atoms with Gasteiger partial charge in [-0.2, -0.15) is 9.78 Å². The van der Waals surface area contributed by atoms with Crippen molar-refractivity contribution in [3.05, 3.63) is 40.8 Å². The van der Waals surface area contributed by atoms with Gasteiger partial charge in [0.2, 0.25) is 0 Å². The molecule has 106 valence electrons. The van der Waals surface area contributed by atoms with E-state index in [9.17, 15) is 4.79 Å². The summed E-state index contributed by atoms with van der Waals surface area (Å²) in [6.07, 6.45) is 3.58. The van der Waals surface area contributed by atoms with Crippen molar-refractivity contribution >= 4 is 16.6 Å². The average Bonchev–Trinajstić information content (AvgIpc) is 3.15. The zero-order chi connectivity index (χ0) is 14.4. The third kappa shape index (κ3) is 1.76. The molecule has 0 bridgehead atoms. The standard InChI is InChI=1S/C15H13N3O3/c1-20-10-2-3-13-11(6-10)14-12(7-16-13)15(19)18(17-14)9-4-5-21-8-9/h2-4,6-7,16H,5,8H2,1H3. The Morgan fingerprint density at radius 3 is 3.10 bits per heavy atom. The molecule has 1 aromatic rings. The summed E-state index contributed by atoms with van der Waals surface area (Å²) in [6, 6.07) is 5.66. The van der Waals surface area contributed by atoms with E-state index in [1.54, 1.807) is 13.3 Å². The van der Waals surface area contributed by atoms with E-state index in [2.05, 4.69) is 10.1 Å². The van der Waals surface area contributed by atoms with Crippen molar-refractivity contribution in [1.29, 1.82) is 0 Å². The van der Waals surface area contributed by atoms with Crippen molar-refractivity contribution in [2.75, 3.05) is 20.3 Å². The highest BCUT2D eigenvalue weighted by atomic mass is 16.5. The van der Waals surface area contributed by atoms with Crippen molar-refractivity contribution < 1.29 is 9.47 Å². The lowest BCUT2D eigenvalue weighted by atomic mass is 10.1. The topological polar surface area (TPSA) is 69.1 Å². The second-order valence-corrected chi connectivity index (χ2v) is 4.89. The molecule has 3 aliphatic heterocycles. The van der Waals surface area contributed by atoms with Gasteiger partial charge >= 0.3 is 0 Å². The minimum atomic E-state index is -0.136. The summed E-state index contributed by atoms with van der Waals surface area (Å²) in [7, 11) is 1.61. The molecule has 21 heavy (non-hydrogen) atoms. The van der Waals surface area contributed by atoms with E-state index in [0.717, 1.165) is 22.3 Å². The minimum Gasteiger partial charge on any atom is -0.497 e. The zero-order valence-electron chi connectivity index (χ0n) is 11.4. The fraction of sp³-hybridized carbons (Fsp3) is 0.200. The largest absolute Gasteiger partial charge is 0.497 e. The molecule has 0 unspecified atom stereocenters. The van der Waals surface area contributed by atoms with E-state index in [0.29, 0.717) is 24.5 Å². The Hall–Kier alpha value is -2.60. The number of rotatable bonds is 2. The lowest BCUT2D eigenvalue weighted by Crippen LogP contribution is -2.16. The number of aromatic amines is 1. The second kappa shape index (κ2) is 4.46. The molecule has 0 saturated carbocycles. The number of hydrogen-bond donors (Lipinski definition) is 1. The first-order valence-electron chi connectivity index (χ1n) is 6.63. The van der Waals surface area contributed by atoms with Gasteiger partial charge in [-0.1, -0.05) is 0 Å². The SMILES string of the molecule is COc1ccc2[nH]cc3c(=O)n(C4=CCOC4)nc-3c2c1. The van der Waals surface area contributed by atoms with Gasteiger partial charge in [-0.25, -0.2) is 0 Å². The molecule has 3 heterocycles. The number of fused-ring (bicyclic) bond motifs is 3. The maximum absolute atomic E-state index is 12.5. The van der Waals surface area contributed by atoms with Gasteiger partial charge in [0.05, 0.1) is 31.6 Å². The number of benzene rings is 1. The molecule has 0 atom stereocenters. The van der Waals surface area contributed by atoms with Crippen LogP contribution in [0.25, 0.3) is 27.9 Å². The molecule has 6 heteroatoms. The third-order valence-corrected chi connectivity index (χ3v) is 3.69. The molecule has 0 aromatic heterocycles. The number of methoxy groups -OCH3 is 1. The van der Waals surface area contributed by atoms with Crippen LogP contribution in [0, 0.1) is 0 Å². The van der Waals surface area contributed by atoms with Crippen LogP contribution in [0.1, 0.15) is 0 Å². The van der Waals surface area contributed by atoms with Crippen molar-refractivity contribution in [1.82, 2.24) is 14.8 Å². The molecule has 0 amide bonds. The minimum absolute atomic E-state index is 0.136. The molecule has 0 fully saturated rings. The zero-order valence-corrected chi connectivity index (χ0v) is 11.4. The highest BCUT2D eigenvalue weighted by Crippen LogP contribution is 2.29. The van der Waals surface area contributed by atoms with Gasteiger partial charge in [-0.05, 0) is 24.3 Å². The van der Waals surface area contributed by atoms with Gasteiger partial charge in [0.1, 0.15) is 11.4 Å². The molecule has 1 N–H and O–H groups in total. The smallest absolute Gasteiger partial charge is 0.282 e. The summed E-state index contributed by atoms with van der Waals surface area (Å²) in [5, 5.41) is 5.34. The number of nitrogens with one attached hydrogen (secondary N) is 1. The van der Waals surface area contributed by atoms with Crippen molar-refractivity contribution in [3.8, 4) is 17.0 Å². The average molecular weight is 283 g/mol. The second-order valence-electron chi connectivity index (χ2n) is 4.89. The summed E-state index contributed by atoms with van der Waals surface area (Å²) >= 11 is 0. The van der Waals surface area contributed by atoms with E-state index in [1.165, 1.54) is 4.68 Å². The van der Waals surface area contributed by atoms with Crippen LogP contribution < -0.4 is 10.3 Å². The maximum Gasteiger partial charge on any atom is 0.282 e. The Morgan fingerprint density at radius 2 is 2.33 bits per heavy atom. The Balaban J connectivity index is 2.03. The lowest BCUT2D eigenvalue weighted by molar-refractivity contribution is 0.213. The van der Waals surface area contributed by atoms with Crippen molar-refractivity contribution in [2.24, 2.45) is 0 Å². The molecular weight excluding hydrogens is 270 g/mol. The Kier molecular flexibility index (Phi) is 2.58. The number of ether oxygens (including phenoxy) is 2. The highest BCUT2D eigenvalue weighted by molar-refractivity contribution is 5.94. The molecule has 0 radical (unpaired) electrons. The first-order chi connectivity index (χ1) is 10.3. The number of aromatic nitrogens is 3. The summed E-state index contributed by atoms with van der Waals surface area (Å²) < 4.78 is 11.9. The van der Waals surface area contributed by atoms with Gasteiger partial charge in [-0.3, -0.25) is 4.79 Å². The summed E-state index contributed by atoms with van der Waals surface area (Å²) in [4.78, 5) is 15.6. The molecule has 6 nitrogen and oxygen atoms in total. The first kappa shape index (κ1) is 12.2. The molecule has 0 aliphatic carbocycles. The van der Waals surface area contributed by atoms with Crippen LogP contribution in [-0.2, 0) is 4.74 Å². The highest BCUT2D eigenvalue weighted by Gasteiger charge is 2.21. The van der Waals surface area contributed by atoms with E-state index < -0.39 is 0 Å². The van der Waals surface area contributed by atoms with Gasteiger partial charge in [0, 0.05) is 17.1 Å². The van der Waals surface area contributed by atoms with E-state index in [-0.39, 0.29) is 5.56 Å². The number of hydrogen-bond acceptors (Lipinski definition) is 4. The first-order valence-corrected chi connectivity index (χ1v) is 6.63. The van der Waals surface area contributed by atoms with Crippen molar-refractivity contribution in [3.63, 3.8) is 0 Å². The molecular formula is C15H13N3O3. The summed E-state index contributed by atoms with van der Waals surface area (Å²) in [6.45, 7) is 0.930. The quantitative estimate of drug-likeness (QED) is 0.777. The van der Waals surface area contributed by atoms with Crippen LogP contribution in [-0.4, -0.2) is 35.1 Å². The van der Waals surface area contributed by atoms with Crippen LogP contribution in [0.3, 0.4) is 0 Å². The van der Waals surface area contributed by atoms with Crippen LogP contribution in [0.4, 0.5) is 0 Å². The van der Waals surface area contributed by atoms with Crippen LogP contribution in [0.15, 0.2) is 35.3 Å². The van der Waals surface area contributed by atoms with Crippen LogP contribution in [0.2, 0.25) is 0 Å². The summed E-state index contributed by atoms with van der Waals surface area (Å²) in [5.74, 6) is 0.730. The van der Waals surface area contributed by atoms with Crippen LogP contribution >= 0.6 is 0 Å². The molecule has 0 saturated heterocycles. The van der Waals surface area contributed by atoms with E-state index >= 15 is 0 Å². The third-order valence-electron chi connectivity index (χ3n) is 3.69. The van der Waals surface area contributed by atoms with Gasteiger partial charge < -0.3 is 14.5 Å². The fourth-order valence-electron chi connectivity index (χ4n) is 2.59. The number of nitrogens with zero attached hydrogens (tertiary/aromatic N) is 2. The lowest BCUT2D eigenvalue weighted by Gasteiger charge is -2.05. The Bertz CT molecular complexity index is 891. The van der Waals surface area contributed by atoms with Crippen molar-refractivity contribution in [2.45, 2.75) is 0 Å². The fourth-order valence-corrected chi connectivity index (χ4v) is 2.59. The monoisotopic (exact) mass is 283 g/mol. The Labute approximate surface area is 119 Å². The molecule has 1 aromatic carbocycles. The van der Waals surface area contributed by atoms with Gasteiger partial charge in [0.25, 0.3) is 5.56 Å². The van der Waals surface area contributed by atoms with Gasteiger partial charge in [-0.15, -0.1) is 0 Å². The predicted molar refractivity (Wildman–Crippen MR) is 78.6 cm³/mol. The number of H-pyrrole nitrogens is 1. The normalized spacial score (nSPS) is 14.8.